The molecule has 1 aliphatic heterocycles. The van der Waals surface area contributed by atoms with Crippen LogP contribution in [0.4, 0.5) is 0 Å². The third-order valence-electron chi connectivity index (χ3n) is 6.27. The number of aryl methyl sites for hydroxylation is 2. The number of methoxy groups -OCH3 is 1. The maximum Gasteiger partial charge on any atom is 0.227 e. The summed E-state index contributed by atoms with van der Waals surface area (Å²) in [5.41, 5.74) is 5.41. The Balaban J connectivity index is 1.31. The van der Waals surface area contributed by atoms with E-state index in [4.69, 9.17) is 4.74 Å². The number of ether oxygens (including phenoxy) is 1. The number of amides is 1. The number of hydrogen-bond acceptors (Lipinski definition) is 3. The predicted octanol–water partition coefficient (Wildman–Crippen LogP) is 3.85. The Morgan fingerprint density at radius 3 is 2.41 bits per heavy atom. The van der Waals surface area contributed by atoms with Crippen molar-refractivity contribution in [1.29, 1.82) is 0 Å². The molecule has 4 heteroatoms. The molecule has 0 unspecified atom stereocenters. The van der Waals surface area contributed by atoms with Gasteiger partial charge in [-0.2, -0.15) is 0 Å². The van der Waals surface area contributed by atoms with Gasteiger partial charge < -0.3 is 9.64 Å². The summed E-state index contributed by atoms with van der Waals surface area (Å²) < 4.78 is 5.24. The van der Waals surface area contributed by atoms with Gasteiger partial charge in [0.2, 0.25) is 5.91 Å². The van der Waals surface area contributed by atoms with Gasteiger partial charge in [-0.25, -0.2) is 0 Å². The minimum absolute atomic E-state index is 0.270. The van der Waals surface area contributed by atoms with Crippen LogP contribution in [0.1, 0.15) is 41.5 Å². The molecule has 0 saturated carbocycles. The Labute approximate surface area is 174 Å². The fourth-order valence-corrected chi connectivity index (χ4v) is 4.55. The zero-order chi connectivity index (χ0) is 20.1. The van der Waals surface area contributed by atoms with Crippen molar-refractivity contribution in [2.24, 2.45) is 0 Å². The second-order valence-corrected chi connectivity index (χ2v) is 8.35. The van der Waals surface area contributed by atoms with Gasteiger partial charge in [-0.15, -0.1) is 0 Å². The van der Waals surface area contributed by atoms with Crippen molar-refractivity contribution >= 4 is 5.91 Å². The highest BCUT2D eigenvalue weighted by molar-refractivity contribution is 5.79. The molecule has 1 fully saturated rings. The van der Waals surface area contributed by atoms with Crippen molar-refractivity contribution in [3.8, 4) is 5.75 Å². The van der Waals surface area contributed by atoms with Gasteiger partial charge in [0, 0.05) is 32.7 Å². The average Bonchev–Trinajstić information content (AvgIpc) is 3.00. The highest BCUT2D eigenvalue weighted by atomic mass is 16.5. The third kappa shape index (κ3) is 5.18. The summed E-state index contributed by atoms with van der Waals surface area (Å²) in [6.45, 7) is 4.58. The molecule has 1 saturated heterocycles. The third-order valence-corrected chi connectivity index (χ3v) is 6.27. The molecule has 0 radical (unpaired) electrons. The molecule has 0 spiro atoms. The van der Waals surface area contributed by atoms with Gasteiger partial charge in [0.15, 0.2) is 0 Å². The molecule has 4 rings (SSSR count). The largest absolute Gasteiger partial charge is 0.497 e. The summed E-state index contributed by atoms with van der Waals surface area (Å²) in [4.78, 5) is 17.4. The normalized spacial score (nSPS) is 17.5. The predicted molar refractivity (Wildman–Crippen MR) is 116 cm³/mol. The van der Waals surface area contributed by atoms with Gasteiger partial charge in [-0.3, -0.25) is 9.69 Å². The van der Waals surface area contributed by atoms with E-state index in [1.807, 2.05) is 12.1 Å². The van der Waals surface area contributed by atoms with Crippen LogP contribution in [0, 0.1) is 0 Å². The zero-order valence-electron chi connectivity index (χ0n) is 17.5. The molecule has 2 aromatic rings. The smallest absolute Gasteiger partial charge is 0.227 e. The molecule has 154 valence electrons. The van der Waals surface area contributed by atoms with E-state index in [2.05, 4.69) is 40.1 Å². The molecule has 0 bridgehead atoms. The van der Waals surface area contributed by atoms with Crippen molar-refractivity contribution in [2.75, 3.05) is 33.3 Å². The second-order valence-electron chi connectivity index (χ2n) is 8.35. The molecule has 1 aliphatic carbocycles. The number of nitrogens with zero attached hydrogens (tertiary/aromatic N) is 2. The lowest BCUT2D eigenvalue weighted by molar-refractivity contribution is -0.130. The van der Waals surface area contributed by atoms with E-state index in [1.54, 1.807) is 7.11 Å². The number of benzene rings is 2. The SMILES string of the molecule is COc1ccc(CN2CCCN(C(=O)Cc3ccc4c(c3)CCCC4)CC2)cc1. The highest BCUT2D eigenvalue weighted by Gasteiger charge is 2.20. The number of hydrogen-bond donors (Lipinski definition) is 0. The van der Waals surface area contributed by atoms with Crippen LogP contribution in [-0.4, -0.2) is 49.0 Å². The topological polar surface area (TPSA) is 32.8 Å². The summed E-state index contributed by atoms with van der Waals surface area (Å²) >= 11 is 0. The number of fused-ring (bicyclic) bond motifs is 1. The molecule has 29 heavy (non-hydrogen) atoms. The summed E-state index contributed by atoms with van der Waals surface area (Å²) in [5, 5.41) is 0. The molecule has 4 nitrogen and oxygen atoms in total. The van der Waals surface area contributed by atoms with Crippen LogP contribution in [0.5, 0.6) is 5.75 Å². The van der Waals surface area contributed by atoms with Gasteiger partial charge >= 0.3 is 0 Å². The van der Waals surface area contributed by atoms with E-state index in [0.717, 1.165) is 44.9 Å². The fraction of sp³-hybridized carbons (Fsp3) is 0.480. The maximum absolute atomic E-state index is 12.9. The van der Waals surface area contributed by atoms with Crippen molar-refractivity contribution in [2.45, 2.75) is 45.1 Å². The minimum atomic E-state index is 0.270. The minimum Gasteiger partial charge on any atom is -0.497 e. The molecule has 2 aromatic carbocycles. The molecule has 0 N–H and O–H groups in total. The highest BCUT2D eigenvalue weighted by Crippen LogP contribution is 2.23. The molecule has 1 amide bonds. The first kappa shape index (κ1) is 20.0. The van der Waals surface area contributed by atoms with Crippen LogP contribution in [0.15, 0.2) is 42.5 Å². The molecule has 0 aromatic heterocycles. The maximum atomic E-state index is 12.9. The summed E-state index contributed by atoms with van der Waals surface area (Å²) in [6.07, 6.45) is 6.51. The lowest BCUT2D eigenvalue weighted by Crippen LogP contribution is -2.36. The molecule has 1 heterocycles. The molecular formula is C25H32N2O2. The first-order chi connectivity index (χ1) is 14.2. The van der Waals surface area contributed by atoms with Gasteiger partial charge in [-0.05, 0) is 66.5 Å². The van der Waals surface area contributed by atoms with E-state index < -0.39 is 0 Å². The monoisotopic (exact) mass is 392 g/mol. The van der Waals surface area contributed by atoms with Gasteiger partial charge in [-0.1, -0.05) is 30.3 Å². The Hall–Kier alpha value is -2.33. The zero-order valence-corrected chi connectivity index (χ0v) is 17.5. The van der Waals surface area contributed by atoms with E-state index in [1.165, 1.54) is 47.9 Å². The van der Waals surface area contributed by atoms with Crippen LogP contribution < -0.4 is 4.74 Å². The second kappa shape index (κ2) is 9.45. The summed E-state index contributed by atoms with van der Waals surface area (Å²) in [7, 11) is 1.69. The number of carbonyl (C=O) groups is 1. The Morgan fingerprint density at radius 2 is 1.62 bits per heavy atom. The lowest BCUT2D eigenvalue weighted by Gasteiger charge is -2.23. The van der Waals surface area contributed by atoms with Crippen LogP contribution in [0.25, 0.3) is 0 Å². The molecule has 0 atom stereocenters. The van der Waals surface area contributed by atoms with E-state index >= 15 is 0 Å². The standard InChI is InChI=1S/C25H32N2O2/c1-29-24-11-8-20(9-12-24)19-26-13-4-14-27(16-15-26)25(28)18-21-7-10-22-5-2-3-6-23(22)17-21/h7-12,17H,2-6,13-16,18-19H2,1H3. The molecule has 2 aliphatic rings. The van der Waals surface area contributed by atoms with Gasteiger partial charge in [0.1, 0.15) is 5.75 Å². The van der Waals surface area contributed by atoms with E-state index in [0.29, 0.717) is 6.42 Å². The number of rotatable bonds is 5. The van der Waals surface area contributed by atoms with Crippen LogP contribution in [0.2, 0.25) is 0 Å². The van der Waals surface area contributed by atoms with E-state index in [9.17, 15) is 4.79 Å². The first-order valence-electron chi connectivity index (χ1n) is 10.9. The lowest BCUT2D eigenvalue weighted by atomic mass is 9.90. The quantitative estimate of drug-likeness (QED) is 0.775. The summed E-state index contributed by atoms with van der Waals surface area (Å²) in [6, 6.07) is 15.0. The Bertz CT molecular complexity index is 831. The Kier molecular flexibility index (Phi) is 6.50. The van der Waals surface area contributed by atoms with Crippen LogP contribution >= 0.6 is 0 Å². The average molecular weight is 393 g/mol. The number of carbonyl (C=O) groups excluding carboxylic acids is 1. The first-order valence-corrected chi connectivity index (χ1v) is 10.9. The van der Waals surface area contributed by atoms with Crippen molar-refractivity contribution in [3.05, 3.63) is 64.7 Å². The Morgan fingerprint density at radius 1 is 0.862 bits per heavy atom. The van der Waals surface area contributed by atoms with Crippen molar-refractivity contribution in [1.82, 2.24) is 9.80 Å². The van der Waals surface area contributed by atoms with E-state index in [-0.39, 0.29) is 5.91 Å². The molecular weight excluding hydrogens is 360 g/mol. The van der Waals surface area contributed by atoms with Crippen LogP contribution in [-0.2, 0) is 30.6 Å². The summed E-state index contributed by atoms with van der Waals surface area (Å²) in [5.74, 6) is 1.16. The van der Waals surface area contributed by atoms with Crippen molar-refractivity contribution < 1.29 is 9.53 Å². The van der Waals surface area contributed by atoms with Crippen LogP contribution in [0.3, 0.4) is 0 Å². The van der Waals surface area contributed by atoms with Gasteiger partial charge in [0.05, 0.1) is 13.5 Å². The fourth-order valence-electron chi connectivity index (χ4n) is 4.55. The van der Waals surface area contributed by atoms with Crippen molar-refractivity contribution in [3.63, 3.8) is 0 Å². The van der Waals surface area contributed by atoms with Gasteiger partial charge in [0.25, 0.3) is 0 Å².